The quantitative estimate of drug-likeness (QED) is 0.470. The fourth-order valence-electron chi connectivity index (χ4n) is 0.599. The normalized spacial score (nSPS) is 11.1. The summed E-state index contributed by atoms with van der Waals surface area (Å²) in [6, 6.07) is 0. The number of aldehydes is 1. The van der Waals surface area contributed by atoms with Crippen molar-refractivity contribution in [1.82, 2.24) is 0 Å². The van der Waals surface area contributed by atoms with Crippen molar-refractivity contribution in [3.63, 3.8) is 0 Å². The van der Waals surface area contributed by atoms with Gasteiger partial charge in [-0.1, -0.05) is 13.0 Å². The van der Waals surface area contributed by atoms with E-state index in [2.05, 4.69) is 0 Å². The Labute approximate surface area is 59.4 Å². The Hall–Kier alpha value is -1.12. The molecule has 0 fully saturated rings. The minimum absolute atomic E-state index is 0.169. The summed E-state index contributed by atoms with van der Waals surface area (Å²) in [5.41, 5.74) is 0.343. The zero-order chi connectivity index (χ0) is 7.98. The molecule has 0 saturated heterocycles. The zero-order valence-electron chi connectivity index (χ0n) is 5.83. The molecule has 0 aliphatic carbocycles. The predicted octanol–water partition coefficient (Wildman–Crippen LogP) is 0.996. The third-order valence-electron chi connectivity index (χ3n) is 0.973. The molecule has 3 heteroatoms. The summed E-state index contributed by atoms with van der Waals surface area (Å²) in [5.74, 6) is -0.966. The largest absolute Gasteiger partial charge is 0.481 e. The first-order valence-electron chi connectivity index (χ1n) is 3.06. The van der Waals surface area contributed by atoms with Gasteiger partial charge in [0.1, 0.15) is 6.29 Å². The zero-order valence-corrected chi connectivity index (χ0v) is 5.83. The van der Waals surface area contributed by atoms with Crippen LogP contribution in [0.2, 0.25) is 0 Å². The average molecular weight is 142 g/mol. The topological polar surface area (TPSA) is 54.4 Å². The van der Waals surface area contributed by atoms with Crippen LogP contribution in [0.3, 0.4) is 0 Å². The summed E-state index contributed by atoms with van der Waals surface area (Å²) in [5, 5.41) is 8.24. The summed E-state index contributed by atoms with van der Waals surface area (Å²) < 4.78 is 0. The van der Waals surface area contributed by atoms with Gasteiger partial charge in [-0.2, -0.15) is 0 Å². The van der Waals surface area contributed by atoms with Gasteiger partial charge in [0.15, 0.2) is 0 Å². The standard InChI is InChI=1S/C7H10O3/c1-2-3-6(5-8)4-7(9)10/h3,5H,2,4H2,1H3,(H,9,10)/b6-3-. The highest BCUT2D eigenvalue weighted by molar-refractivity contribution is 5.83. The third kappa shape index (κ3) is 3.83. The Kier molecular flexibility index (Phi) is 4.20. The highest BCUT2D eigenvalue weighted by atomic mass is 16.4. The Bertz CT molecular complexity index is 158. The minimum atomic E-state index is -0.966. The van der Waals surface area contributed by atoms with Crippen LogP contribution in [0.1, 0.15) is 19.8 Å². The molecule has 0 radical (unpaired) electrons. The molecule has 0 atom stereocenters. The van der Waals surface area contributed by atoms with Crippen LogP contribution in [0.4, 0.5) is 0 Å². The molecular formula is C7H10O3. The van der Waals surface area contributed by atoms with E-state index in [4.69, 9.17) is 5.11 Å². The maximum Gasteiger partial charge on any atom is 0.307 e. The van der Waals surface area contributed by atoms with E-state index in [1.807, 2.05) is 6.92 Å². The van der Waals surface area contributed by atoms with Crippen molar-refractivity contribution in [2.24, 2.45) is 0 Å². The van der Waals surface area contributed by atoms with Gasteiger partial charge in [-0.25, -0.2) is 0 Å². The van der Waals surface area contributed by atoms with Crippen molar-refractivity contribution < 1.29 is 14.7 Å². The molecule has 0 heterocycles. The Morgan fingerprint density at radius 3 is 2.50 bits per heavy atom. The molecule has 0 aliphatic heterocycles. The number of rotatable bonds is 4. The maximum atomic E-state index is 10.1. The van der Waals surface area contributed by atoms with Crippen LogP contribution >= 0.6 is 0 Å². The van der Waals surface area contributed by atoms with Crippen molar-refractivity contribution in [3.8, 4) is 0 Å². The van der Waals surface area contributed by atoms with Crippen molar-refractivity contribution in [3.05, 3.63) is 11.6 Å². The van der Waals surface area contributed by atoms with Crippen molar-refractivity contribution in [1.29, 1.82) is 0 Å². The van der Waals surface area contributed by atoms with E-state index < -0.39 is 5.97 Å². The van der Waals surface area contributed by atoms with E-state index in [9.17, 15) is 9.59 Å². The molecule has 0 saturated carbocycles. The van der Waals surface area contributed by atoms with Crippen LogP contribution in [0.25, 0.3) is 0 Å². The van der Waals surface area contributed by atoms with E-state index in [0.717, 1.165) is 0 Å². The molecule has 56 valence electrons. The second-order valence-electron chi connectivity index (χ2n) is 1.88. The third-order valence-corrected chi connectivity index (χ3v) is 0.973. The lowest BCUT2D eigenvalue weighted by atomic mass is 10.2. The number of carboxylic acids is 1. The van der Waals surface area contributed by atoms with E-state index in [1.165, 1.54) is 0 Å². The van der Waals surface area contributed by atoms with Gasteiger partial charge in [-0.3, -0.25) is 9.59 Å². The second-order valence-corrected chi connectivity index (χ2v) is 1.88. The van der Waals surface area contributed by atoms with Crippen LogP contribution in [0.5, 0.6) is 0 Å². The van der Waals surface area contributed by atoms with Gasteiger partial charge in [-0.15, -0.1) is 0 Å². The number of aliphatic carboxylic acids is 1. The lowest BCUT2D eigenvalue weighted by Crippen LogP contribution is -1.97. The molecule has 0 rings (SSSR count). The van der Waals surface area contributed by atoms with Gasteiger partial charge in [0, 0.05) is 0 Å². The van der Waals surface area contributed by atoms with Crippen molar-refractivity contribution in [2.75, 3.05) is 0 Å². The van der Waals surface area contributed by atoms with E-state index in [1.54, 1.807) is 6.08 Å². The van der Waals surface area contributed by atoms with Gasteiger partial charge >= 0.3 is 5.97 Å². The van der Waals surface area contributed by atoms with Crippen LogP contribution in [0, 0.1) is 0 Å². The Morgan fingerprint density at radius 1 is 1.60 bits per heavy atom. The average Bonchev–Trinajstić information content (AvgIpc) is 1.86. The monoisotopic (exact) mass is 142 g/mol. The van der Waals surface area contributed by atoms with Crippen LogP contribution in [0.15, 0.2) is 11.6 Å². The van der Waals surface area contributed by atoms with E-state index in [0.29, 0.717) is 18.3 Å². The molecule has 0 amide bonds. The molecule has 10 heavy (non-hydrogen) atoms. The first kappa shape index (κ1) is 8.88. The lowest BCUT2D eigenvalue weighted by Gasteiger charge is -1.91. The molecule has 3 nitrogen and oxygen atoms in total. The number of carbonyl (C=O) groups excluding carboxylic acids is 1. The van der Waals surface area contributed by atoms with Crippen LogP contribution in [-0.2, 0) is 9.59 Å². The molecule has 0 aliphatic rings. The maximum absolute atomic E-state index is 10.1. The molecule has 0 bridgehead atoms. The highest BCUT2D eigenvalue weighted by Crippen LogP contribution is 1.98. The smallest absolute Gasteiger partial charge is 0.307 e. The van der Waals surface area contributed by atoms with Crippen LogP contribution < -0.4 is 0 Å². The van der Waals surface area contributed by atoms with Crippen molar-refractivity contribution in [2.45, 2.75) is 19.8 Å². The molecule has 1 N–H and O–H groups in total. The summed E-state index contributed by atoms with van der Waals surface area (Å²) in [4.78, 5) is 20.1. The van der Waals surface area contributed by atoms with E-state index in [-0.39, 0.29) is 6.42 Å². The lowest BCUT2D eigenvalue weighted by molar-refractivity contribution is -0.136. The summed E-state index contributed by atoms with van der Waals surface area (Å²) in [6.45, 7) is 1.85. The molecule has 0 aromatic rings. The molecule has 0 spiro atoms. The summed E-state index contributed by atoms with van der Waals surface area (Å²) >= 11 is 0. The van der Waals surface area contributed by atoms with Gasteiger partial charge in [0.05, 0.1) is 6.42 Å². The summed E-state index contributed by atoms with van der Waals surface area (Å²) in [7, 11) is 0. The molecular weight excluding hydrogens is 132 g/mol. The molecule has 0 unspecified atom stereocenters. The number of hydrogen-bond acceptors (Lipinski definition) is 2. The number of carbonyl (C=O) groups is 2. The number of carboxylic acid groups (broad SMARTS) is 1. The highest BCUT2D eigenvalue weighted by Gasteiger charge is 2.00. The molecule has 0 aromatic heterocycles. The Morgan fingerprint density at radius 2 is 2.20 bits per heavy atom. The van der Waals surface area contributed by atoms with Gasteiger partial charge in [0.2, 0.25) is 0 Å². The van der Waals surface area contributed by atoms with Crippen LogP contribution in [-0.4, -0.2) is 17.4 Å². The number of hydrogen-bond donors (Lipinski definition) is 1. The Balaban J connectivity index is 3.95. The minimum Gasteiger partial charge on any atom is -0.481 e. The van der Waals surface area contributed by atoms with Crippen molar-refractivity contribution >= 4 is 12.3 Å². The number of allylic oxidation sites excluding steroid dienone is 1. The van der Waals surface area contributed by atoms with Gasteiger partial charge < -0.3 is 5.11 Å². The fraction of sp³-hybridized carbons (Fsp3) is 0.429. The first-order chi connectivity index (χ1) is 4.70. The van der Waals surface area contributed by atoms with Gasteiger partial charge in [-0.05, 0) is 12.0 Å². The van der Waals surface area contributed by atoms with Gasteiger partial charge in [0.25, 0.3) is 0 Å². The SMILES string of the molecule is CC/C=C(\C=O)CC(=O)O. The summed E-state index contributed by atoms with van der Waals surface area (Å²) in [6.07, 6.45) is 2.72. The fourth-order valence-corrected chi connectivity index (χ4v) is 0.599. The molecule has 0 aromatic carbocycles. The predicted molar refractivity (Wildman–Crippen MR) is 36.7 cm³/mol. The van der Waals surface area contributed by atoms with E-state index >= 15 is 0 Å². The second kappa shape index (κ2) is 4.73. The first-order valence-corrected chi connectivity index (χ1v) is 3.06.